The first-order valence-corrected chi connectivity index (χ1v) is 16.9. The van der Waals surface area contributed by atoms with Crippen molar-refractivity contribution in [3.63, 3.8) is 0 Å². The Balaban J connectivity index is 1.75. The first kappa shape index (κ1) is 30.2. The second kappa shape index (κ2) is 11.6. The molecule has 1 aliphatic carbocycles. The summed E-state index contributed by atoms with van der Waals surface area (Å²) in [5, 5.41) is 7.96. The molecule has 1 N–H and O–H groups in total. The van der Waals surface area contributed by atoms with Crippen LogP contribution in [0.1, 0.15) is 47.7 Å². The average molecular weight is 655 g/mol. The van der Waals surface area contributed by atoms with Crippen molar-refractivity contribution >= 4 is 64.3 Å². The molecule has 0 spiro atoms. The number of aromatic nitrogens is 2. The Morgan fingerprint density at radius 3 is 2.30 bits per heavy atom. The van der Waals surface area contributed by atoms with Crippen LogP contribution < -0.4 is 9.62 Å². The number of ketones is 1. The van der Waals surface area contributed by atoms with Gasteiger partial charge < -0.3 is 5.32 Å². The maximum Gasteiger partial charge on any atom is 0.270 e. The molecule has 1 heterocycles. The summed E-state index contributed by atoms with van der Waals surface area (Å²) in [4.78, 5) is 25.4. The Labute approximate surface area is 242 Å². The van der Waals surface area contributed by atoms with Crippen LogP contribution in [0.3, 0.4) is 0 Å². The molecule has 0 unspecified atom stereocenters. The number of amides is 1. The molecule has 14 heteroatoms. The van der Waals surface area contributed by atoms with Crippen LogP contribution in [0.5, 0.6) is 0 Å². The van der Waals surface area contributed by atoms with Crippen molar-refractivity contribution in [1.82, 2.24) is 19.4 Å². The van der Waals surface area contributed by atoms with Crippen LogP contribution in [0.15, 0.2) is 40.9 Å². The molecule has 11 nitrogen and oxygen atoms in total. The Morgan fingerprint density at radius 1 is 1.10 bits per heavy atom. The molecular weight excluding hydrogens is 622 g/mol. The molecule has 0 bridgehead atoms. The number of carbonyl (C=O) groups excluding carboxylic acids is 2. The maximum atomic E-state index is 13.0. The summed E-state index contributed by atoms with van der Waals surface area (Å²) in [5.41, 5.74) is 2.70. The molecular formula is C26H32BrN5O6S2. The van der Waals surface area contributed by atoms with Crippen LogP contribution >= 0.6 is 15.9 Å². The third-order valence-electron chi connectivity index (χ3n) is 6.74. The van der Waals surface area contributed by atoms with Crippen LogP contribution in [0.25, 0.3) is 16.6 Å². The normalized spacial score (nSPS) is 14.1. The highest BCUT2D eigenvalue weighted by atomic mass is 79.9. The molecule has 216 valence electrons. The molecule has 0 atom stereocenters. The number of hydrogen-bond acceptors (Lipinski definition) is 7. The van der Waals surface area contributed by atoms with Crippen molar-refractivity contribution in [1.29, 1.82) is 0 Å². The van der Waals surface area contributed by atoms with Crippen LogP contribution in [-0.2, 0) is 24.8 Å². The van der Waals surface area contributed by atoms with Gasteiger partial charge in [0.1, 0.15) is 17.2 Å². The van der Waals surface area contributed by atoms with Gasteiger partial charge >= 0.3 is 0 Å². The molecule has 4 rings (SSSR count). The van der Waals surface area contributed by atoms with Crippen LogP contribution in [-0.4, -0.2) is 82.3 Å². The van der Waals surface area contributed by atoms with Gasteiger partial charge in [0.25, 0.3) is 5.91 Å². The van der Waals surface area contributed by atoms with E-state index in [1.807, 2.05) is 30.3 Å². The van der Waals surface area contributed by atoms with Gasteiger partial charge in [-0.1, -0.05) is 15.9 Å². The highest BCUT2D eigenvalue weighted by Gasteiger charge is 2.32. The lowest BCUT2D eigenvalue weighted by Crippen LogP contribution is -2.33. The number of benzene rings is 2. The quantitative estimate of drug-likeness (QED) is 0.317. The van der Waals surface area contributed by atoms with Gasteiger partial charge in [0.05, 0.1) is 23.1 Å². The maximum absolute atomic E-state index is 13.0. The van der Waals surface area contributed by atoms with E-state index in [9.17, 15) is 26.4 Å². The van der Waals surface area contributed by atoms with Gasteiger partial charge in [0.15, 0.2) is 0 Å². The molecule has 0 saturated heterocycles. The van der Waals surface area contributed by atoms with Crippen LogP contribution in [0.2, 0.25) is 0 Å². The van der Waals surface area contributed by atoms with Crippen molar-refractivity contribution in [2.75, 3.05) is 44.0 Å². The van der Waals surface area contributed by atoms with Crippen molar-refractivity contribution in [3.05, 3.63) is 52.1 Å². The van der Waals surface area contributed by atoms with E-state index in [0.717, 1.165) is 33.4 Å². The fraction of sp³-hybridized carbons (Fsp3) is 0.423. The minimum absolute atomic E-state index is 0.00641. The number of nitrogens with one attached hydrogen (secondary N) is 1. The second-order valence-electron chi connectivity index (χ2n) is 10.0. The average Bonchev–Trinajstić information content (AvgIpc) is 3.65. The van der Waals surface area contributed by atoms with Crippen molar-refractivity contribution in [2.24, 2.45) is 0 Å². The van der Waals surface area contributed by atoms with Crippen LogP contribution in [0, 0.1) is 0 Å². The summed E-state index contributed by atoms with van der Waals surface area (Å²) in [6.07, 6.45) is 2.93. The summed E-state index contributed by atoms with van der Waals surface area (Å²) >= 11 is 3.42. The first-order chi connectivity index (χ1) is 18.7. The van der Waals surface area contributed by atoms with E-state index in [-0.39, 0.29) is 31.2 Å². The minimum Gasteiger partial charge on any atom is -0.354 e. The molecule has 1 aliphatic rings. The SMILES string of the molecule is CNC(=O)c1c2cc(C3CC3)c(N(CCCC(=O)CS(=O)(=O)N(C)C)S(C)(=O)=O)cc2nn1-c1ccc(Br)cc1. The summed E-state index contributed by atoms with van der Waals surface area (Å²) in [7, 11) is -3.20. The lowest BCUT2D eigenvalue weighted by molar-refractivity contribution is -0.116. The Kier molecular flexibility index (Phi) is 8.74. The highest BCUT2D eigenvalue weighted by Crippen LogP contribution is 2.46. The van der Waals surface area contributed by atoms with Crippen molar-refractivity contribution in [2.45, 2.75) is 31.6 Å². The summed E-state index contributed by atoms with van der Waals surface area (Å²) < 4.78 is 54.7. The third kappa shape index (κ3) is 6.56. The molecule has 1 aromatic heterocycles. The topological polar surface area (TPSA) is 139 Å². The fourth-order valence-corrected chi connectivity index (χ4v) is 6.52. The standard InChI is InChI=1S/C26H32BrN5O6S2/c1-28-26(34)25-22-14-21(17-7-8-17)24(15-23(22)29-32(25)19-11-9-18(27)10-12-19)31(39(4,35)36)13-5-6-20(33)16-40(37,38)30(2)3/h9-12,14-15,17H,5-8,13,16H2,1-4H3,(H,28,34). The Hall–Kier alpha value is -2.81. The van der Waals surface area contributed by atoms with Gasteiger partial charge in [-0.3, -0.25) is 13.9 Å². The molecule has 40 heavy (non-hydrogen) atoms. The van der Waals surface area contributed by atoms with E-state index in [4.69, 9.17) is 0 Å². The number of Topliss-reactive ketones (excluding diaryl/α,β-unsaturated/α-hetero) is 1. The first-order valence-electron chi connectivity index (χ1n) is 12.7. The Bertz CT molecular complexity index is 1660. The van der Waals surface area contributed by atoms with E-state index in [0.29, 0.717) is 28.0 Å². The summed E-state index contributed by atoms with van der Waals surface area (Å²) in [6, 6.07) is 10.9. The van der Waals surface area contributed by atoms with Gasteiger partial charge in [-0.15, -0.1) is 0 Å². The van der Waals surface area contributed by atoms with E-state index in [1.54, 1.807) is 17.8 Å². The Morgan fingerprint density at radius 2 is 1.75 bits per heavy atom. The van der Waals surface area contributed by atoms with E-state index in [1.165, 1.54) is 18.4 Å². The largest absolute Gasteiger partial charge is 0.354 e. The number of nitrogens with zero attached hydrogens (tertiary/aromatic N) is 4. The molecule has 0 aliphatic heterocycles. The number of sulfonamides is 2. The lowest BCUT2D eigenvalue weighted by atomic mass is 10.0. The monoisotopic (exact) mass is 653 g/mol. The minimum atomic E-state index is -3.77. The van der Waals surface area contributed by atoms with Crippen molar-refractivity contribution in [3.8, 4) is 5.69 Å². The van der Waals surface area contributed by atoms with E-state index < -0.39 is 31.6 Å². The highest BCUT2D eigenvalue weighted by molar-refractivity contribution is 9.10. The van der Waals surface area contributed by atoms with Crippen molar-refractivity contribution < 1.29 is 26.4 Å². The molecule has 2 aromatic carbocycles. The number of hydrogen-bond donors (Lipinski definition) is 1. The fourth-order valence-electron chi connectivity index (χ4n) is 4.47. The number of halogens is 1. The summed E-state index contributed by atoms with van der Waals surface area (Å²) in [6.45, 7) is -0.00641. The summed E-state index contributed by atoms with van der Waals surface area (Å²) in [5.74, 6) is -1.31. The van der Waals surface area contributed by atoms with Crippen LogP contribution in [0.4, 0.5) is 5.69 Å². The predicted molar refractivity (Wildman–Crippen MR) is 158 cm³/mol. The predicted octanol–water partition coefficient (Wildman–Crippen LogP) is 3.03. The second-order valence-corrected chi connectivity index (χ2v) is 15.0. The van der Waals surface area contributed by atoms with E-state index in [2.05, 4.69) is 26.3 Å². The molecule has 1 saturated carbocycles. The van der Waals surface area contributed by atoms with E-state index >= 15 is 0 Å². The number of carbonyl (C=O) groups is 2. The van der Waals surface area contributed by atoms with Gasteiger partial charge in [-0.25, -0.2) is 25.8 Å². The van der Waals surface area contributed by atoms with Gasteiger partial charge in [-0.05, 0) is 67.1 Å². The molecule has 1 amide bonds. The zero-order valence-corrected chi connectivity index (χ0v) is 25.9. The third-order valence-corrected chi connectivity index (χ3v) is 10.2. The number of rotatable bonds is 12. The number of anilines is 1. The number of fused-ring (bicyclic) bond motifs is 1. The van der Waals surface area contributed by atoms with Gasteiger partial charge in [-0.2, -0.15) is 5.10 Å². The van der Waals surface area contributed by atoms with Gasteiger partial charge in [0.2, 0.25) is 20.0 Å². The zero-order valence-electron chi connectivity index (χ0n) is 22.7. The molecule has 1 fully saturated rings. The smallest absolute Gasteiger partial charge is 0.270 e. The zero-order chi connectivity index (χ0) is 29.4. The molecule has 0 radical (unpaired) electrons. The molecule has 3 aromatic rings. The lowest BCUT2D eigenvalue weighted by Gasteiger charge is -2.25. The van der Waals surface area contributed by atoms with Gasteiger partial charge in [0, 0.05) is 44.0 Å².